The van der Waals surface area contributed by atoms with E-state index in [-0.39, 0.29) is 23.1 Å². The first-order valence-electron chi connectivity index (χ1n) is 8.57. The second kappa shape index (κ2) is 7.53. The summed E-state index contributed by atoms with van der Waals surface area (Å²) in [5.74, 6) is 0.666. The number of rotatable bonds is 6. The van der Waals surface area contributed by atoms with Gasteiger partial charge in [-0.25, -0.2) is 13.1 Å². The van der Waals surface area contributed by atoms with Gasteiger partial charge >= 0.3 is 0 Å². The molecule has 0 radical (unpaired) electrons. The molecular formula is C17H24N4O3S. The zero-order valence-electron chi connectivity index (χ0n) is 14.5. The molecule has 1 fully saturated rings. The summed E-state index contributed by atoms with van der Waals surface area (Å²) >= 11 is 0. The van der Waals surface area contributed by atoms with Gasteiger partial charge in [0.2, 0.25) is 10.0 Å². The lowest BCUT2D eigenvalue weighted by Gasteiger charge is -2.30. The van der Waals surface area contributed by atoms with Gasteiger partial charge in [-0.1, -0.05) is 0 Å². The first-order valence-corrected chi connectivity index (χ1v) is 10.1. The van der Waals surface area contributed by atoms with Crippen LogP contribution in [0.3, 0.4) is 0 Å². The van der Waals surface area contributed by atoms with Gasteiger partial charge in [0.25, 0.3) is 0 Å². The molecule has 1 aliphatic carbocycles. The first-order chi connectivity index (χ1) is 11.9. The molecule has 3 rings (SSSR count). The molecule has 2 aromatic rings. The normalized spacial score (nSPS) is 21.4. The SMILES string of the molecule is CC(C)Oc1ccc(S(=O)(=O)N[C@H]2CCC[C@@H](n3cnnc3)C2)cc1. The number of aromatic nitrogens is 3. The maximum atomic E-state index is 12.6. The Morgan fingerprint density at radius 3 is 2.48 bits per heavy atom. The van der Waals surface area contributed by atoms with Gasteiger partial charge in [-0.05, 0) is 63.8 Å². The van der Waals surface area contributed by atoms with Crippen LogP contribution in [0.2, 0.25) is 0 Å². The quantitative estimate of drug-likeness (QED) is 0.851. The van der Waals surface area contributed by atoms with Crippen LogP contribution in [0.15, 0.2) is 41.8 Å². The summed E-state index contributed by atoms with van der Waals surface area (Å²) in [4.78, 5) is 0.259. The lowest BCUT2D eigenvalue weighted by molar-refractivity contribution is 0.242. The van der Waals surface area contributed by atoms with Gasteiger partial charge in [-0.15, -0.1) is 10.2 Å². The number of ether oxygens (including phenoxy) is 1. The lowest BCUT2D eigenvalue weighted by Crippen LogP contribution is -2.38. The summed E-state index contributed by atoms with van der Waals surface area (Å²) in [6, 6.07) is 6.70. The van der Waals surface area contributed by atoms with Crippen molar-refractivity contribution in [3.05, 3.63) is 36.9 Å². The fourth-order valence-electron chi connectivity index (χ4n) is 3.20. The van der Waals surface area contributed by atoms with E-state index in [2.05, 4.69) is 14.9 Å². The number of benzene rings is 1. The molecule has 1 heterocycles. The van der Waals surface area contributed by atoms with E-state index in [1.165, 1.54) is 0 Å². The van der Waals surface area contributed by atoms with Gasteiger partial charge in [0, 0.05) is 12.1 Å². The summed E-state index contributed by atoms with van der Waals surface area (Å²) in [7, 11) is -3.54. The minimum Gasteiger partial charge on any atom is -0.491 e. The average Bonchev–Trinajstić information content (AvgIpc) is 3.09. The van der Waals surface area contributed by atoms with Gasteiger partial charge in [-0.2, -0.15) is 0 Å². The summed E-state index contributed by atoms with van der Waals surface area (Å²) in [5, 5.41) is 7.67. The van der Waals surface area contributed by atoms with Crippen LogP contribution < -0.4 is 9.46 Å². The van der Waals surface area contributed by atoms with Crippen LogP contribution in [0.25, 0.3) is 0 Å². The maximum absolute atomic E-state index is 12.6. The molecule has 2 atom stereocenters. The molecule has 7 nitrogen and oxygen atoms in total. The number of hydrogen-bond acceptors (Lipinski definition) is 5. The highest BCUT2D eigenvalue weighted by Crippen LogP contribution is 2.29. The average molecular weight is 364 g/mol. The molecule has 0 bridgehead atoms. The van der Waals surface area contributed by atoms with Crippen molar-refractivity contribution in [2.75, 3.05) is 0 Å². The molecule has 0 amide bonds. The Labute approximate surface area is 148 Å². The van der Waals surface area contributed by atoms with E-state index in [0.717, 1.165) is 25.7 Å². The van der Waals surface area contributed by atoms with E-state index < -0.39 is 10.0 Å². The van der Waals surface area contributed by atoms with Crippen LogP contribution in [0.4, 0.5) is 0 Å². The molecule has 1 N–H and O–H groups in total. The zero-order valence-corrected chi connectivity index (χ0v) is 15.3. The van der Waals surface area contributed by atoms with E-state index in [9.17, 15) is 8.42 Å². The molecule has 136 valence electrons. The highest BCUT2D eigenvalue weighted by Gasteiger charge is 2.27. The molecule has 1 saturated carbocycles. The Hall–Kier alpha value is -1.93. The minimum absolute atomic E-state index is 0.0532. The molecule has 0 unspecified atom stereocenters. The van der Waals surface area contributed by atoms with Crippen molar-refractivity contribution in [2.45, 2.75) is 62.6 Å². The maximum Gasteiger partial charge on any atom is 0.240 e. The van der Waals surface area contributed by atoms with Gasteiger partial charge < -0.3 is 9.30 Å². The summed E-state index contributed by atoms with van der Waals surface area (Å²) in [6.07, 6.45) is 6.99. The van der Waals surface area contributed by atoms with Crippen molar-refractivity contribution < 1.29 is 13.2 Å². The minimum atomic E-state index is -3.54. The van der Waals surface area contributed by atoms with Crippen molar-refractivity contribution in [3.63, 3.8) is 0 Å². The Kier molecular flexibility index (Phi) is 5.39. The summed E-state index contributed by atoms with van der Waals surface area (Å²) < 4.78 is 35.6. The number of nitrogens with zero attached hydrogens (tertiary/aromatic N) is 3. The fourth-order valence-corrected chi connectivity index (χ4v) is 4.48. The highest BCUT2D eigenvalue weighted by atomic mass is 32.2. The number of hydrogen-bond donors (Lipinski definition) is 1. The van der Waals surface area contributed by atoms with Crippen molar-refractivity contribution in [1.29, 1.82) is 0 Å². The zero-order chi connectivity index (χ0) is 17.9. The predicted octanol–water partition coefficient (Wildman–Crippen LogP) is 2.53. The van der Waals surface area contributed by atoms with Crippen LogP contribution >= 0.6 is 0 Å². The van der Waals surface area contributed by atoms with Crippen LogP contribution in [0, 0.1) is 0 Å². The van der Waals surface area contributed by atoms with Crippen molar-refractivity contribution >= 4 is 10.0 Å². The topological polar surface area (TPSA) is 86.1 Å². The second-order valence-corrected chi connectivity index (χ2v) is 8.40. The van der Waals surface area contributed by atoms with E-state index in [4.69, 9.17) is 4.74 Å². The molecule has 8 heteroatoms. The number of sulfonamides is 1. The molecule has 0 saturated heterocycles. The van der Waals surface area contributed by atoms with Gasteiger partial charge in [0.05, 0.1) is 11.0 Å². The van der Waals surface area contributed by atoms with Gasteiger partial charge in [0.1, 0.15) is 18.4 Å². The van der Waals surface area contributed by atoms with Crippen molar-refractivity contribution in [3.8, 4) is 5.75 Å². The van der Waals surface area contributed by atoms with Gasteiger partial charge in [0.15, 0.2) is 0 Å². The Bertz CT molecular complexity index is 773. The predicted molar refractivity (Wildman–Crippen MR) is 93.8 cm³/mol. The third kappa shape index (κ3) is 4.58. The van der Waals surface area contributed by atoms with Crippen LogP contribution in [-0.2, 0) is 10.0 Å². The van der Waals surface area contributed by atoms with E-state index in [0.29, 0.717) is 5.75 Å². The van der Waals surface area contributed by atoms with E-state index in [1.807, 2.05) is 18.4 Å². The Morgan fingerprint density at radius 1 is 1.16 bits per heavy atom. The smallest absolute Gasteiger partial charge is 0.240 e. The van der Waals surface area contributed by atoms with Gasteiger partial charge in [-0.3, -0.25) is 0 Å². The Morgan fingerprint density at radius 2 is 1.84 bits per heavy atom. The highest BCUT2D eigenvalue weighted by molar-refractivity contribution is 7.89. The number of nitrogens with one attached hydrogen (secondary N) is 1. The Balaban J connectivity index is 1.66. The second-order valence-electron chi connectivity index (χ2n) is 6.69. The standard InChI is InChI=1S/C17H24N4O3S/c1-13(2)24-16-6-8-17(9-7-16)25(22,23)20-14-4-3-5-15(10-14)21-11-18-19-12-21/h6-9,11-15,20H,3-5,10H2,1-2H3/t14-,15+/m0/s1. The van der Waals surface area contributed by atoms with Crippen LogP contribution in [0.1, 0.15) is 45.6 Å². The molecule has 1 aliphatic rings. The van der Waals surface area contributed by atoms with Crippen LogP contribution in [-0.4, -0.2) is 35.3 Å². The third-order valence-corrected chi connectivity index (χ3v) is 5.87. The molecule has 1 aromatic carbocycles. The van der Waals surface area contributed by atoms with Crippen molar-refractivity contribution in [2.24, 2.45) is 0 Å². The molecule has 0 spiro atoms. The summed E-state index contributed by atoms with van der Waals surface area (Å²) in [5.41, 5.74) is 0. The monoisotopic (exact) mass is 364 g/mol. The van der Waals surface area contributed by atoms with E-state index >= 15 is 0 Å². The molecule has 25 heavy (non-hydrogen) atoms. The molecule has 0 aliphatic heterocycles. The third-order valence-electron chi connectivity index (χ3n) is 4.33. The van der Waals surface area contributed by atoms with Crippen LogP contribution in [0.5, 0.6) is 5.75 Å². The molecular weight excluding hydrogens is 340 g/mol. The van der Waals surface area contributed by atoms with E-state index in [1.54, 1.807) is 36.9 Å². The molecule has 1 aromatic heterocycles. The largest absolute Gasteiger partial charge is 0.491 e. The summed E-state index contributed by atoms with van der Waals surface area (Å²) in [6.45, 7) is 3.86. The first kappa shape index (κ1) is 17.9. The fraction of sp³-hybridized carbons (Fsp3) is 0.529. The van der Waals surface area contributed by atoms with Crippen molar-refractivity contribution in [1.82, 2.24) is 19.5 Å². The lowest BCUT2D eigenvalue weighted by atomic mass is 9.91.